The van der Waals surface area contributed by atoms with Crippen LogP contribution in [0.3, 0.4) is 0 Å². The number of aromatic nitrogens is 1. The first-order valence-corrected chi connectivity index (χ1v) is 11.4. The number of benzene rings is 1. The van der Waals surface area contributed by atoms with E-state index in [1.54, 1.807) is 0 Å². The number of rotatable bonds is 4. The maximum Gasteiger partial charge on any atom is 0.222 e. The number of hydrogen-bond donors (Lipinski definition) is 4. The van der Waals surface area contributed by atoms with Crippen molar-refractivity contribution in [2.24, 2.45) is 0 Å². The van der Waals surface area contributed by atoms with Gasteiger partial charge in [0, 0.05) is 37.5 Å². The lowest BCUT2D eigenvalue weighted by Gasteiger charge is -2.38. The second-order valence-electron chi connectivity index (χ2n) is 8.90. The van der Waals surface area contributed by atoms with Crippen molar-refractivity contribution in [2.75, 3.05) is 18.0 Å². The Morgan fingerprint density at radius 3 is 2.58 bits per heavy atom. The van der Waals surface area contributed by atoms with Crippen molar-refractivity contribution in [1.82, 2.24) is 15.6 Å². The summed E-state index contributed by atoms with van der Waals surface area (Å²) >= 11 is 0. The Hall–Kier alpha value is -2.51. The van der Waals surface area contributed by atoms with E-state index in [2.05, 4.69) is 15.5 Å². The SMILES string of the molecule is CC(=O)NC(=N)c1c(N2CCC(N[C@H]3CCCC[C@@H]3O)CC2)nc2ccccc2c1C. The zero-order valence-electron chi connectivity index (χ0n) is 18.4. The van der Waals surface area contributed by atoms with Crippen LogP contribution in [0.25, 0.3) is 10.9 Å². The number of anilines is 1. The van der Waals surface area contributed by atoms with Crippen LogP contribution in [0.15, 0.2) is 24.3 Å². The number of pyridine rings is 1. The summed E-state index contributed by atoms with van der Waals surface area (Å²) in [6, 6.07) is 8.54. The minimum Gasteiger partial charge on any atom is -0.392 e. The van der Waals surface area contributed by atoms with E-state index in [-0.39, 0.29) is 23.9 Å². The summed E-state index contributed by atoms with van der Waals surface area (Å²) in [6.07, 6.45) is 5.93. The standard InChI is InChI=1S/C24H33N5O2/c1-15-18-7-3-4-8-19(18)28-24(22(15)23(25)26-16(2)30)29-13-11-17(12-14-29)27-20-9-5-6-10-21(20)31/h3-4,7-8,17,20-21,27,31H,5-6,9-14H2,1-2H3,(H2,25,26,30)/t20-,21-/m0/s1. The molecular formula is C24H33N5O2. The van der Waals surface area contributed by atoms with Gasteiger partial charge in [0.25, 0.3) is 0 Å². The van der Waals surface area contributed by atoms with Gasteiger partial charge in [0.1, 0.15) is 11.7 Å². The topological polar surface area (TPSA) is 101 Å². The number of hydrogen-bond acceptors (Lipinski definition) is 6. The molecule has 4 rings (SSSR count). The third-order valence-corrected chi connectivity index (χ3v) is 6.66. The first-order chi connectivity index (χ1) is 14.9. The molecule has 1 amide bonds. The van der Waals surface area contributed by atoms with E-state index >= 15 is 0 Å². The number of amidine groups is 1. The molecule has 31 heavy (non-hydrogen) atoms. The van der Waals surface area contributed by atoms with Gasteiger partial charge in [0.2, 0.25) is 5.91 Å². The predicted molar refractivity (Wildman–Crippen MR) is 124 cm³/mol. The van der Waals surface area contributed by atoms with Crippen molar-refractivity contribution in [3.05, 3.63) is 35.4 Å². The van der Waals surface area contributed by atoms with Crippen LogP contribution in [0.2, 0.25) is 0 Å². The molecular weight excluding hydrogens is 390 g/mol. The van der Waals surface area contributed by atoms with E-state index in [9.17, 15) is 9.90 Å². The Bertz CT molecular complexity index is 968. The third kappa shape index (κ3) is 4.72. The first kappa shape index (κ1) is 21.7. The normalized spacial score (nSPS) is 22.5. The van der Waals surface area contributed by atoms with Gasteiger partial charge in [0.15, 0.2) is 0 Å². The van der Waals surface area contributed by atoms with Crippen LogP contribution in [0.4, 0.5) is 5.82 Å². The fourth-order valence-corrected chi connectivity index (χ4v) is 4.99. The molecule has 1 saturated heterocycles. The molecule has 2 atom stereocenters. The Kier molecular flexibility index (Phi) is 6.53. The lowest BCUT2D eigenvalue weighted by Crippen LogP contribution is -2.51. The van der Waals surface area contributed by atoms with Gasteiger partial charge in [-0.3, -0.25) is 10.2 Å². The molecule has 1 aromatic carbocycles. The van der Waals surface area contributed by atoms with Crippen LogP contribution in [0.1, 0.15) is 56.6 Å². The van der Waals surface area contributed by atoms with Crippen molar-refractivity contribution < 1.29 is 9.90 Å². The summed E-state index contributed by atoms with van der Waals surface area (Å²) in [4.78, 5) is 18.8. The largest absolute Gasteiger partial charge is 0.392 e. The fraction of sp³-hybridized carbons (Fsp3) is 0.542. The number of fused-ring (bicyclic) bond motifs is 1. The van der Waals surface area contributed by atoms with Crippen molar-refractivity contribution >= 4 is 28.5 Å². The van der Waals surface area contributed by atoms with Crippen LogP contribution in [0.5, 0.6) is 0 Å². The number of carbonyl (C=O) groups is 1. The van der Waals surface area contributed by atoms with Crippen molar-refractivity contribution in [3.8, 4) is 0 Å². The third-order valence-electron chi connectivity index (χ3n) is 6.66. The van der Waals surface area contributed by atoms with Crippen molar-refractivity contribution in [3.63, 3.8) is 0 Å². The number of aliphatic hydroxyl groups excluding tert-OH is 1. The Labute approximate surface area is 183 Å². The van der Waals surface area contributed by atoms with Gasteiger partial charge in [-0.2, -0.15) is 0 Å². The number of carbonyl (C=O) groups excluding carboxylic acids is 1. The number of para-hydroxylation sites is 1. The van der Waals surface area contributed by atoms with E-state index in [0.717, 1.165) is 67.5 Å². The maximum absolute atomic E-state index is 11.6. The highest BCUT2D eigenvalue weighted by atomic mass is 16.3. The quantitative estimate of drug-likeness (QED) is 0.447. The number of aliphatic hydroxyl groups is 1. The maximum atomic E-state index is 11.6. The van der Waals surface area contributed by atoms with Crippen LogP contribution in [-0.2, 0) is 4.79 Å². The van der Waals surface area contributed by atoms with Gasteiger partial charge in [-0.1, -0.05) is 31.0 Å². The van der Waals surface area contributed by atoms with Crippen LogP contribution >= 0.6 is 0 Å². The van der Waals surface area contributed by atoms with Gasteiger partial charge in [-0.05, 0) is 44.2 Å². The monoisotopic (exact) mass is 423 g/mol. The van der Waals surface area contributed by atoms with Crippen LogP contribution in [0, 0.1) is 12.3 Å². The molecule has 0 bridgehead atoms. The molecule has 0 radical (unpaired) electrons. The molecule has 1 aromatic heterocycles. The summed E-state index contributed by atoms with van der Waals surface area (Å²) in [5.74, 6) is 0.618. The molecule has 4 N–H and O–H groups in total. The molecule has 166 valence electrons. The van der Waals surface area contributed by atoms with E-state index in [1.165, 1.54) is 13.3 Å². The molecule has 0 unspecified atom stereocenters. The molecule has 1 aliphatic carbocycles. The number of nitrogens with zero attached hydrogens (tertiary/aromatic N) is 2. The molecule has 7 nitrogen and oxygen atoms in total. The molecule has 1 aliphatic heterocycles. The Morgan fingerprint density at radius 2 is 1.87 bits per heavy atom. The second-order valence-corrected chi connectivity index (χ2v) is 8.90. The molecule has 2 aromatic rings. The number of aryl methyl sites for hydroxylation is 1. The highest BCUT2D eigenvalue weighted by Crippen LogP contribution is 2.30. The van der Waals surface area contributed by atoms with Gasteiger partial charge < -0.3 is 20.6 Å². The van der Waals surface area contributed by atoms with E-state index in [1.807, 2.05) is 31.2 Å². The highest BCUT2D eigenvalue weighted by molar-refractivity contribution is 6.11. The van der Waals surface area contributed by atoms with Crippen LogP contribution in [-0.4, -0.2) is 53.1 Å². The smallest absolute Gasteiger partial charge is 0.222 e. The predicted octanol–water partition coefficient (Wildman–Crippen LogP) is 2.87. The molecule has 0 spiro atoms. The summed E-state index contributed by atoms with van der Waals surface area (Å²) in [5.41, 5.74) is 2.56. The molecule has 2 heterocycles. The number of nitrogens with one attached hydrogen (secondary N) is 3. The summed E-state index contributed by atoms with van der Waals surface area (Å²) < 4.78 is 0. The van der Waals surface area contributed by atoms with E-state index in [0.29, 0.717) is 11.6 Å². The average Bonchev–Trinajstić information content (AvgIpc) is 2.75. The molecule has 2 fully saturated rings. The van der Waals surface area contributed by atoms with Gasteiger partial charge in [-0.15, -0.1) is 0 Å². The average molecular weight is 424 g/mol. The van der Waals surface area contributed by atoms with Crippen LogP contribution < -0.4 is 15.5 Å². The zero-order chi connectivity index (χ0) is 22.0. The fourth-order valence-electron chi connectivity index (χ4n) is 4.99. The Morgan fingerprint density at radius 1 is 1.16 bits per heavy atom. The molecule has 7 heteroatoms. The summed E-state index contributed by atoms with van der Waals surface area (Å²) in [5, 5.41) is 26.2. The summed E-state index contributed by atoms with van der Waals surface area (Å²) in [6.45, 7) is 5.07. The number of amides is 1. The second kappa shape index (κ2) is 9.32. The summed E-state index contributed by atoms with van der Waals surface area (Å²) in [7, 11) is 0. The minimum atomic E-state index is -0.252. The van der Waals surface area contributed by atoms with Crippen molar-refractivity contribution in [2.45, 2.75) is 70.6 Å². The first-order valence-electron chi connectivity index (χ1n) is 11.4. The van der Waals surface area contributed by atoms with E-state index in [4.69, 9.17) is 10.4 Å². The van der Waals surface area contributed by atoms with Gasteiger partial charge >= 0.3 is 0 Å². The van der Waals surface area contributed by atoms with Crippen molar-refractivity contribution in [1.29, 1.82) is 5.41 Å². The lowest BCUT2D eigenvalue weighted by atomic mass is 9.91. The van der Waals surface area contributed by atoms with Gasteiger partial charge in [-0.25, -0.2) is 4.98 Å². The zero-order valence-corrected chi connectivity index (χ0v) is 18.4. The lowest BCUT2D eigenvalue weighted by molar-refractivity contribution is -0.117. The Balaban J connectivity index is 1.56. The number of piperidine rings is 1. The molecule has 1 saturated carbocycles. The highest BCUT2D eigenvalue weighted by Gasteiger charge is 2.29. The van der Waals surface area contributed by atoms with E-state index < -0.39 is 0 Å². The minimum absolute atomic E-state index is 0.101. The van der Waals surface area contributed by atoms with Gasteiger partial charge in [0.05, 0.1) is 17.2 Å². The molecule has 2 aliphatic rings.